The predicted octanol–water partition coefficient (Wildman–Crippen LogP) is 0.682. The first-order valence-corrected chi connectivity index (χ1v) is 12.6. The highest BCUT2D eigenvalue weighted by atomic mass is 16.6. The van der Waals surface area contributed by atoms with E-state index >= 15 is 0 Å². The maximum Gasteiger partial charge on any atom is 0.230 e. The van der Waals surface area contributed by atoms with Gasteiger partial charge in [0.15, 0.2) is 17.2 Å². The van der Waals surface area contributed by atoms with Crippen molar-refractivity contribution in [3.63, 3.8) is 0 Å². The van der Waals surface area contributed by atoms with Crippen molar-refractivity contribution >= 4 is 23.2 Å². The van der Waals surface area contributed by atoms with Gasteiger partial charge in [0, 0.05) is 23.1 Å². The Morgan fingerprint density at radius 1 is 1.26 bits per heavy atom. The lowest BCUT2D eigenvalue weighted by molar-refractivity contribution is -0.178. The summed E-state index contributed by atoms with van der Waals surface area (Å²) in [4.78, 5) is 46.2. The molecule has 11 nitrogen and oxygen atoms in total. The molecule has 3 aliphatic carbocycles. The van der Waals surface area contributed by atoms with E-state index in [-0.39, 0.29) is 35.6 Å². The van der Waals surface area contributed by atoms with Crippen LogP contribution in [0.2, 0.25) is 0 Å². The van der Waals surface area contributed by atoms with Gasteiger partial charge in [-0.15, -0.1) is 0 Å². The lowest BCUT2D eigenvalue weighted by atomic mass is 9.56. The molecule has 4 rings (SSSR count). The molecule has 0 heterocycles. The molecule has 3 aliphatic rings. The zero-order valence-electron chi connectivity index (χ0n) is 22.1. The third-order valence-corrected chi connectivity index (χ3v) is 7.98. The van der Waals surface area contributed by atoms with Crippen LogP contribution < -0.4 is 5.73 Å². The second-order valence-electron chi connectivity index (χ2n) is 11.1. The molecule has 0 aliphatic heterocycles. The lowest BCUT2D eigenvalue weighted by Crippen LogP contribution is -2.71. The minimum absolute atomic E-state index is 0.0489. The number of nitrogens with zero attached hydrogens (tertiary/aromatic N) is 2. The Morgan fingerprint density at radius 2 is 1.92 bits per heavy atom. The summed E-state index contributed by atoms with van der Waals surface area (Å²) in [5.74, 6) is -7.40. The second kappa shape index (κ2) is 9.79. The minimum Gasteiger partial charge on any atom is -0.508 e. The van der Waals surface area contributed by atoms with Crippen molar-refractivity contribution in [2.45, 2.75) is 51.4 Å². The Morgan fingerprint density at radius 3 is 2.50 bits per heavy atom. The fourth-order valence-electron chi connectivity index (χ4n) is 6.28. The number of phenolic OH excluding ortho intramolecular Hbond substituents is 1. The number of amides is 1. The molecule has 1 aromatic carbocycles. The summed E-state index contributed by atoms with van der Waals surface area (Å²) >= 11 is 0. The van der Waals surface area contributed by atoms with Crippen LogP contribution in [-0.2, 0) is 20.8 Å². The highest BCUT2D eigenvalue weighted by molar-refractivity contribution is 6.17. The molecular formula is C27H35N3O8. The van der Waals surface area contributed by atoms with Gasteiger partial charge in [0.1, 0.15) is 24.0 Å². The molecule has 0 bridgehead atoms. The molecule has 6 atom stereocenters. The summed E-state index contributed by atoms with van der Waals surface area (Å²) in [6, 6.07) is 2.06. The van der Waals surface area contributed by atoms with Gasteiger partial charge in [0.05, 0.1) is 17.4 Å². The Hall–Kier alpha value is -3.28. The molecule has 2 unspecified atom stereocenters. The number of nitrogens with two attached hydrogens (primary N) is 1. The fraction of sp³-hybridized carbons (Fsp3) is 0.556. The number of aliphatic hydroxyl groups is 3. The van der Waals surface area contributed by atoms with Crippen LogP contribution in [0.5, 0.6) is 5.75 Å². The molecule has 1 saturated carbocycles. The Labute approximate surface area is 220 Å². The maximum absolute atomic E-state index is 13.8. The van der Waals surface area contributed by atoms with Crippen molar-refractivity contribution in [2.24, 2.45) is 34.6 Å². The number of phenols is 1. The number of hydrogen-bond donors (Lipinski definition) is 5. The normalized spacial score (nSPS) is 31.3. The number of likely N-dealkylation sites (N-methyl/N-ethyl adjacent to an activating group) is 1. The SMILES string of the molecule is C/C(=N/OCC(C)C)c1ccc(O)c2c1C[C@H]1C[C@H]3[C@H](N(C)C)C(O)C(C(N)=O)C(=O)[C@@]3(O)C(O)=C1C2=O. The smallest absolute Gasteiger partial charge is 0.230 e. The van der Waals surface area contributed by atoms with Crippen molar-refractivity contribution in [3.05, 3.63) is 40.2 Å². The number of carbonyl (C=O) groups is 3. The third kappa shape index (κ3) is 4.09. The maximum atomic E-state index is 13.8. The van der Waals surface area contributed by atoms with E-state index in [2.05, 4.69) is 5.16 Å². The van der Waals surface area contributed by atoms with Gasteiger partial charge in [-0.25, -0.2) is 0 Å². The third-order valence-electron chi connectivity index (χ3n) is 7.98. The number of fused-ring (bicyclic) bond motifs is 3. The number of aromatic hydroxyl groups is 1. The van der Waals surface area contributed by atoms with Crippen LogP contribution in [0.25, 0.3) is 0 Å². The van der Waals surface area contributed by atoms with Crippen LogP contribution in [0.1, 0.15) is 48.7 Å². The molecule has 206 valence electrons. The summed E-state index contributed by atoms with van der Waals surface area (Å²) in [6.45, 7) is 6.09. The fourth-order valence-corrected chi connectivity index (χ4v) is 6.28. The predicted molar refractivity (Wildman–Crippen MR) is 137 cm³/mol. The molecule has 1 fully saturated rings. The van der Waals surface area contributed by atoms with Crippen LogP contribution in [-0.4, -0.2) is 87.0 Å². The molecule has 0 spiro atoms. The summed E-state index contributed by atoms with van der Waals surface area (Å²) in [6.07, 6.45) is -1.28. The largest absolute Gasteiger partial charge is 0.508 e. The Kier molecular flexibility index (Phi) is 7.15. The number of carbonyl (C=O) groups excluding carboxylic acids is 3. The average Bonchev–Trinajstić information content (AvgIpc) is 2.80. The first kappa shape index (κ1) is 27.7. The molecule has 6 N–H and O–H groups in total. The van der Waals surface area contributed by atoms with E-state index in [0.717, 1.165) is 0 Å². The lowest BCUT2D eigenvalue weighted by Gasteiger charge is -2.53. The quantitative estimate of drug-likeness (QED) is 0.201. The van der Waals surface area contributed by atoms with Crippen molar-refractivity contribution < 1.29 is 39.6 Å². The van der Waals surface area contributed by atoms with Crippen molar-refractivity contribution in [1.82, 2.24) is 4.90 Å². The van der Waals surface area contributed by atoms with Crippen LogP contribution >= 0.6 is 0 Å². The van der Waals surface area contributed by atoms with Gasteiger partial charge in [-0.2, -0.15) is 0 Å². The molecule has 0 aromatic heterocycles. The van der Waals surface area contributed by atoms with Crippen LogP contribution in [0.15, 0.2) is 28.6 Å². The minimum atomic E-state index is -2.61. The van der Waals surface area contributed by atoms with E-state index in [0.29, 0.717) is 23.4 Å². The zero-order chi connectivity index (χ0) is 28.3. The number of hydrogen-bond acceptors (Lipinski definition) is 10. The number of benzene rings is 1. The van der Waals surface area contributed by atoms with Gasteiger partial charge in [-0.05, 0) is 63.4 Å². The number of oxime groups is 1. The number of aliphatic hydroxyl groups excluding tert-OH is 2. The van der Waals surface area contributed by atoms with Crippen LogP contribution in [0.4, 0.5) is 0 Å². The second-order valence-corrected chi connectivity index (χ2v) is 11.1. The molecule has 0 saturated heterocycles. The first-order valence-electron chi connectivity index (χ1n) is 12.6. The molecule has 11 heteroatoms. The molecule has 1 aromatic rings. The number of primary amides is 1. The highest BCUT2D eigenvalue weighted by Gasteiger charge is 2.66. The number of allylic oxidation sites excluding steroid dienone is 1. The molecular weight excluding hydrogens is 494 g/mol. The topological polar surface area (TPSA) is 183 Å². The van der Waals surface area contributed by atoms with E-state index in [1.807, 2.05) is 13.8 Å². The van der Waals surface area contributed by atoms with Crippen LogP contribution in [0.3, 0.4) is 0 Å². The van der Waals surface area contributed by atoms with E-state index < -0.39 is 58.7 Å². The van der Waals surface area contributed by atoms with E-state index in [1.165, 1.54) is 6.07 Å². The van der Waals surface area contributed by atoms with Crippen molar-refractivity contribution in [2.75, 3.05) is 20.7 Å². The van der Waals surface area contributed by atoms with Crippen LogP contribution in [0, 0.1) is 23.7 Å². The van der Waals surface area contributed by atoms with E-state index in [4.69, 9.17) is 10.6 Å². The molecule has 1 amide bonds. The van der Waals surface area contributed by atoms with Gasteiger partial charge in [0.25, 0.3) is 0 Å². The number of rotatable bonds is 6. The van der Waals surface area contributed by atoms with Gasteiger partial charge < -0.3 is 35.9 Å². The standard InChI is InChI=1S/C27H35N3O8/c1-11(2)10-38-29-12(3)14-6-7-17(31)19-15(14)8-13-9-16-21(30(4)5)23(33)20(26(28)36)25(35)27(16,37)24(34)18(13)22(19)32/h6-7,11,13,16,20-21,23,31,33-34,37H,8-10H2,1-5H3,(H2,28,36)/b29-12-/t13-,16-,20?,21-,23?,27-/m0/s1. The van der Waals surface area contributed by atoms with Gasteiger partial charge in [0.2, 0.25) is 5.91 Å². The summed E-state index contributed by atoms with van der Waals surface area (Å²) in [5.41, 5.74) is 4.14. The number of ketones is 2. The average molecular weight is 530 g/mol. The Balaban J connectivity index is 1.87. The van der Waals surface area contributed by atoms with E-state index in [9.17, 15) is 34.8 Å². The summed E-state index contributed by atoms with van der Waals surface area (Å²) < 4.78 is 0. The monoisotopic (exact) mass is 529 g/mol. The molecule has 38 heavy (non-hydrogen) atoms. The van der Waals surface area contributed by atoms with E-state index in [1.54, 1.807) is 32.0 Å². The first-order chi connectivity index (χ1) is 17.7. The summed E-state index contributed by atoms with van der Waals surface area (Å²) in [7, 11) is 3.24. The Bertz CT molecular complexity index is 1250. The van der Waals surface area contributed by atoms with Crippen molar-refractivity contribution in [1.29, 1.82) is 0 Å². The zero-order valence-corrected chi connectivity index (χ0v) is 22.1. The molecule has 0 radical (unpaired) electrons. The van der Waals surface area contributed by atoms with Gasteiger partial charge >= 0.3 is 0 Å². The highest BCUT2D eigenvalue weighted by Crippen LogP contribution is 2.52. The van der Waals surface area contributed by atoms with Crippen molar-refractivity contribution in [3.8, 4) is 5.75 Å². The number of Topliss-reactive ketones (excluding diaryl/α,β-unsaturated/α-hetero) is 2. The van der Waals surface area contributed by atoms with Gasteiger partial charge in [-0.3, -0.25) is 14.4 Å². The summed E-state index contributed by atoms with van der Waals surface area (Å²) in [5, 5.41) is 48.8. The van der Waals surface area contributed by atoms with Gasteiger partial charge in [-0.1, -0.05) is 19.0 Å².